The van der Waals surface area contributed by atoms with Crippen LogP contribution in [0.1, 0.15) is 29.8 Å². The Morgan fingerprint density at radius 2 is 1.58 bits per heavy atom. The second-order valence-corrected chi connectivity index (χ2v) is 8.80. The molecule has 0 radical (unpaired) electrons. The highest BCUT2D eigenvalue weighted by Crippen LogP contribution is 2.29. The smallest absolute Gasteiger partial charge is 0.254 e. The Bertz CT molecular complexity index is 1010. The molecule has 1 amide bonds. The van der Waals surface area contributed by atoms with Crippen LogP contribution in [0.5, 0.6) is 11.5 Å². The summed E-state index contributed by atoms with van der Waals surface area (Å²) in [5.41, 5.74) is 1.31. The van der Waals surface area contributed by atoms with Gasteiger partial charge in [0.2, 0.25) is 10.0 Å². The van der Waals surface area contributed by atoms with Crippen LogP contribution < -0.4 is 9.47 Å². The van der Waals surface area contributed by atoms with E-state index in [1.165, 1.54) is 9.71 Å². The van der Waals surface area contributed by atoms with E-state index >= 15 is 0 Å². The molecule has 0 N–H and O–H groups in total. The number of nitrogens with zero attached hydrogens (tertiary/aromatic N) is 2. The van der Waals surface area contributed by atoms with Gasteiger partial charge in [0.05, 0.1) is 13.2 Å². The van der Waals surface area contributed by atoms with Crippen LogP contribution in [0.25, 0.3) is 6.08 Å². The topological polar surface area (TPSA) is 76.2 Å². The maximum absolute atomic E-state index is 12.9. The van der Waals surface area contributed by atoms with Crippen molar-refractivity contribution >= 4 is 22.0 Å². The summed E-state index contributed by atoms with van der Waals surface area (Å²) < 4.78 is 37.8. The lowest BCUT2D eigenvalue weighted by molar-refractivity contribution is 0.0698. The fourth-order valence-electron chi connectivity index (χ4n) is 3.33. The van der Waals surface area contributed by atoms with Crippen molar-refractivity contribution in [2.75, 3.05) is 39.4 Å². The third-order valence-electron chi connectivity index (χ3n) is 4.91. The van der Waals surface area contributed by atoms with Crippen LogP contribution in [0.15, 0.2) is 53.9 Å². The van der Waals surface area contributed by atoms with Gasteiger partial charge in [-0.05, 0) is 43.7 Å². The van der Waals surface area contributed by atoms with E-state index in [-0.39, 0.29) is 19.0 Å². The number of rotatable bonds is 8. The van der Waals surface area contributed by atoms with Gasteiger partial charge in [0.1, 0.15) is 0 Å². The van der Waals surface area contributed by atoms with Crippen LogP contribution in [0.4, 0.5) is 0 Å². The van der Waals surface area contributed by atoms with Gasteiger partial charge in [0.25, 0.3) is 5.91 Å². The second kappa shape index (κ2) is 10.5. The van der Waals surface area contributed by atoms with Gasteiger partial charge in [0, 0.05) is 37.2 Å². The fourth-order valence-corrected chi connectivity index (χ4v) is 4.50. The van der Waals surface area contributed by atoms with Gasteiger partial charge in [-0.1, -0.05) is 30.3 Å². The molecular formula is C23H28N2O5S. The molecule has 0 aromatic heterocycles. The summed E-state index contributed by atoms with van der Waals surface area (Å²) in [4.78, 5) is 14.6. The first-order chi connectivity index (χ1) is 14.9. The Morgan fingerprint density at radius 3 is 2.23 bits per heavy atom. The summed E-state index contributed by atoms with van der Waals surface area (Å²) in [7, 11) is -3.54. The molecule has 166 valence electrons. The lowest BCUT2D eigenvalue weighted by Gasteiger charge is -2.33. The van der Waals surface area contributed by atoms with Gasteiger partial charge in [0.15, 0.2) is 11.5 Å². The van der Waals surface area contributed by atoms with E-state index in [0.717, 1.165) is 5.56 Å². The highest BCUT2D eigenvalue weighted by Gasteiger charge is 2.28. The molecule has 1 aliphatic rings. The number of sulfonamides is 1. The number of ether oxygens (including phenoxy) is 2. The van der Waals surface area contributed by atoms with Crippen molar-refractivity contribution in [3.05, 3.63) is 65.1 Å². The molecule has 31 heavy (non-hydrogen) atoms. The molecule has 0 bridgehead atoms. The summed E-state index contributed by atoms with van der Waals surface area (Å²) in [6.07, 6.45) is 1.59. The summed E-state index contributed by atoms with van der Waals surface area (Å²) in [6.45, 7) is 5.88. The minimum absolute atomic E-state index is 0.152. The standard InChI is InChI=1S/C23H28N2O5S/c1-3-29-21-11-10-20(18-22(21)30-4-2)23(26)24-13-15-25(16-14-24)31(27,28)17-12-19-8-6-5-7-9-19/h5-12,17-18H,3-4,13-16H2,1-2H3/b17-12+. The number of piperazine rings is 1. The first kappa shape index (κ1) is 22.8. The van der Waals surface area contributed by atoms with Gasteiger partial charge < -0.3 is 14.4 Å². The Labute approximate surface area is 183 Å². The second-order valence-electron chi connectivity index (χ2n) is 6.98. The van der Waals surface area contributed by atoms with Gasteiger partial charge in [-0.15, -0.1) is 0 Å². The van der Waals surface area contributed by atoms with E-state index in [9.17, 15) is 13.2 Å². The Balaban J connectivity index is 1.64. The Kier molecular flexibility index (Phi) is 7.70. The molecule has 1 aliphatic heterocycles. The molecule has 8 heteroatoms. The molecule has 2 aromatic carbocycles. The summed E-state index contributed by atoms with van der Waals surface area (Å²) in [5.74, 6) is 0.977. The maximum atomic E-state index is 12.9. The van der Waals surface area contributed by atoms with E-state index < -0.39 is 10.0 Å². The third-order valence-corrected chi connectivity index (χ3v) is 6.47. The van der Waals surface area contributed by atoms with Gasteiger partial charge in [-0.2, -0.15) is 4.31 Å². The Morgan fingerprint density at radius 1 is 0.935 bits per heavy atom. The average Bonchev–Trinajstić information content (AvgIpc) is 2.79. The van der Waals surface area contributed by atoms with Gasteiger partial charge in [-0.3, -0.25) is 4.79 Å². The minimum atomic E-state index is -3.54. The molecular weight excluding hydrogens is 416 g/mol. The SMILES string of the molecule is CCOc1ccc(C(=O)N2CCN(S(=O)(=O)/C=C/c3ccccc3)CC2)cc1OCC. The lowest BCUT2D eigenvalue weighted by atomic mass is 10.1. The fraction of sp³-hybridized carbons (Fsp3) is 0.348. The normalized spacial score (nSPS) is 15.2. The quantitative estimate of drug-likeness (QED) is 0.625. The van der Waals surface area contributed by atoms with Crippen LogP contribution in [0, 0.1) is 0 Å². The number of benzene rings is 2. The van der Waals surface area contributed by atoms with Crippen LogP contribution in [-0.4, -0.2) is 62.9 Å². The molecule has 3 rings (SSSR count). The Hall–Kier alpha value is -2.84. The van der Waals surface area contributed by atoms with E-state index in [0.29, 0.717) is 43.4 Å². The summed E-state index contributed by atoms with van der Waals surface area (Å²) in [5, 5.41) is 1.22. The van der Waals surface area contributed by atoms with E-state index in [1.807, 2.05) is 44.2 Å². The predicted molar refractivity (Wildman–Crippen MR) is 121 cm³/mol. The predicted octanol–water partition coefficient (Wildman–Crippen LogP) is 3.24. The van der Waals surface area contributed by atoms with Crippen molar-refractivity contribution in [1.82, 2.24) is 9.21 Å². The number of amides is 1. The first-order valence-electron chi connectivity index (χ1n) is 10.4. The largest absolute Gasteiger partial charge is 0.490 e. The molecule has 0 saturated carbocycles. The van der Waals surface area contributed by atoms with Crippen molar-refractivity contribution in [1.29, 1.82) is 0 Å². The van der Waals surface area contributed by atoms with Crippen LogP contribution in [0.3, 0.4) is 0 Å². The molecule has 0 atom stereocenters. The van der Waals surface area contributed by atoms with E-state index in [2.05, 4.69) is 0 Å². The van der Waals surface area contributed by atoms with Crippen LogP contribution in [0.2, 0.25) is 0 Å². The molecule has 0 unspecified atom stereocenters. The summed E-state index contributed by atoms with van der Waals surface area (Å²) >= 11 is 0. The van der Waals surface area contributed by atoms with Crippen molar-refractivity contribution < 1.29 is 22.7 Å². The van der Waals surface area contributed by atoms with E-state index in [4.69, 9.17) is 9.47 Å². The molecule has 1 saturated heterocycles. The van der Waals surface area contributed by atoms with Gasteiger partial charge >= 0.3 is 0 Å². The van der Waals surface area contributed by atoms with Gasteiger partial charge in [-0.25, -0.2) is 8.42 Å². The molecule has 0 aliphatic carbocycles. The molecule has 1 fully saturated rings. The molecule has 7 nitrogen and oxygen atoms in total. The highest BCUT2D eigenvalue weighted by atomic mass is 32.2. The van der Waals surface area contributed by atoms with Crippen LogP contribution in [-0.2, 0) is 10.0 Å². The highest BCUT2D eigenvalue weighted by molar-refractivity contribution is 7.92. The zero-order valence-electron chi connectivity index (χ0n) is 17.9. The number of carbonyl (C=O) groups excluding carboxylic acids is 1. The first-order valence-corrected chi connectivity index (χ1v) is 11.9. The molecule has 1 heterocycles. The summed E-state index contributed by atoms with van der Waals surface area (Å²) in [6, 6.07) is 14.4. The monoisotopic (exact) mass is 444 g/mol. The van der Waals surface area contributed by atoms with E-state index in [1.54, 1.807) is 29.2 Å². The average molecular weight is 445 g/mol. The van der Waals surface area contributed by atoms with Crippen molar-refractivity contribution in [2.45, 2.75) is 13.8 Å². The van der Waals surface area contributed by atoms with Crippen molar-refractivity contribution in [2.24, 2.45) is 0 Å². The lowest BCUT2D eigenvalue weighted by Crippen LogP contribution is -2.50. The number of hydrogen-bond acceptors (Lipinski definition) is 5. The molecule has 2 aromatic rings. The zero-order valence-corrected chi connectivity index (χ0v) is 18.7. The number of hydrogen-bond donors (Lipinski definition) is 0. The zero-order chi connectivity index (χ0) is 22.3. The maximum Gasteiger partial charge on any atom is 0.254 e. The molecule has 0 spiro atoms. The van der Waals surface area contributed by atoms with Crippen LogP contribution >= 0.6 is 0 Å². The number of carbonyl (C=O) groups is 1. The van der Waals surface area contributed by atoms with Crippen molar-refractivity contribution in [3.8, 4) is 11.5 Å². The van der Waals surface area contributed by atoms with Crippen molar-refractivity contribution in [3.63, 3.8) is 0 Å². The minimum Gasteiger partial charge on any atom is -0.490 e. The third kappa shape index (κ3) is 5.86.